The Balaban J connectivity index is 2.18. The van der Waals surface area contributed by atoms with Crippen LogP contribution >= 0.6 is 27.7 Å². The lowest BCUT2D eigenvalue weighted by Gasteiger charge is -2.23. The van der Waals surface area contributed by atoms with Crippen molar-refractivity contribution in [3.63, 3.8) is 0 Å². The fourth-order valence-electron chi connectivity index (χ4n) is 2.02. The van der Waals surface area contributed by atoms with Gasteiger partial charge in [-0.3, -0.25) is 0 Å². The fraction of sp³-hybridized carbons (Fsp3) is 0.692. The molecule has 1 saturated heterocycles. The Hall–Kier alpha value is -0.290. The topological polar surface area (TPSA) is 29.0 Å². The predicted octanol–water partition coefficient (Wildman–Crippen LogP) is 3.52. The quantitative estimate of drug-likeness (QED) is 0.776. The van der Waals surface area contributed by atoms with Crippen LogP contribution in [-0.4, -0.2) is 33.6 Å². The molecule has 3 nitrogen and oxygen atoms in total. The number of aromatic nitrogens is 2. The highest BCUT2D eigenvalue weighted by Crippen LogP contribution is 2.32. The second kappa shape index (κ2) is 5.78. The molecule has 1 aliphatic heterocycles. The van der Waals surface area contributed by atoms with Crippen molar-refractivity contribution in [3.05, 3.63) is 16.5 Å². The van der Waals surface area contributed by atoms with Gasteiger partial charge >= 0.3 is 0 Å². The lowest BCUT2D eigenvalue weighted by atomic mass is 10.1. The zero-order valence-corrected chi connectivity index (χ0v) is 13.6. The summed E-state index contributed by atoms with van der Waals surface area (Å²) in [4.78, 5) is 11.4. The Morgan fingerprint density at radius 3 is 2.89 bits per heavy atom. The smallest absolute Gasteiger partial charge is 0.133 e. The third kappa shape index (κ3) is 3.60. The zero-order valence-electron chi connectivity index (χ0n) is 11.2. The molecule has 5 heteroatoms. The van der Waals surface area contributed by atoms with Crippen molar-refractivity contribution < 1.29 is 0 Å². The second-order valence-corrected chi connectivity index (χ2v) is 7.78. The number of rotatable bonds is 2. The van der Waals surface area contributed by atoms with Crippen molar-refractivity contribution in [1.82, 2.24) is 9.97 Å². The number of nitrogens with zero attached hydrogens (tertiary/aromatic N) is 3. The van der Waals surface area contributed by atoms with E-state index in [-0.39, 0.29) is 0 Å². The Morgan fingerprint density at radius 2 is 2.17 bits per heavy atom. The normalized spacial score (nSPS) is 19.7. The Bertz CT molecular complexity index is 423. The Morgan fingerprint density at radius 1 is 1.39 bits per heavy atom. The van der Waals surface area contributed by atoms with Crippen LogP contribution in [0.3, 0.4) is 0 Å². The number of aryl methyl sites for hydroxylation is 1. The van der Waals surface area contributed by atoms with Gasteiger partial charge in [0.2, 0.25) is 0 Å². The van der Waals surface area contributed by atoms with Crippen LogP contribution in [0.2, 0.25) is 0 Å². The minimum Gasteiger partial charge on any atom is -0.356 e. The van der Waals surface area contributed by atoms with E-state index in [2.05, 4.69) is 63.3 Å². The average Bonchev–Trinajstić information content (AvgIpc) is 2.49. The van der Waals surface area contributed by atoms with Crippen LogP contribution in [0, 0.1) is 0 Å². The summed E-state index contributed by atoms with van der Waals surface area (Å²) in [5, 5.41) is 0. The van der Waals surface area contributed by atoms with E-state index in [1.165, 1.54) is 6.42 Å². The van der Waals surface area contributed by atoms with Crippen LogP contribution in [0.1, 0.15) is 33.0 Å². The molecule has 1 aromatic heterocycles. The SMILES string of the molecule is CCc1nc(Br)cc(N2CCSC(C)(C)CC2)n1. The molecule has 0 bridgehead atoms. The summed E-state index contributed by atoms with van der Waals surface area (Å²) in [6.45, 7) is 8.89. The maximum Gasteiger partial charge on any atom is 0.133 e. The van der Waals surface area contributed by atoms with Gasteiger partial charge in [0.1, 0.15) is 16.2 Å². The molecule has 1 aromatic rings. The van der Waals surface area contributed by atoms with E-state index in [1.807, 2.05) is 6.07 Å². The first kappa shape index (κ1) is 14.1. The Labute approximate surface area is 122 Å². The second-order valence-electron chi connectivity index (χ2n) is 5.16. The summed E-state index contributed by atoms with van der Waals surface area (Å²) in [5.74, 6) is 3.14. The molecule has 0 saturated carbocycles. The molecule has 0 aromatic carbocycles. The molecular formula is C13H20BrN3S. The van der Waals surface area contributed by atoms with Gasteiger partial charge in [0.05, 0.1) is 0 Å². The molecule has 1 fully saturated rings. The minimum absolute atomic E-state index is 0.382. The molecule has 2 heterocycles. The molecule has 0 amide bonds. The van der Waals surface area contributed by atoms with E-state index in [9.17, 15) is 0 Å². The van der Waals surface area contributed by atoms with Crippen LogP contribution in [0.25, 0.3) is 0 Å². The van der Waals surface area contributed by atoms with Crippen molar-refractivity contribution in [1.29, 1.82) is 0 Å². The number of hydrogen-bond acceptors (Lipinski definition) is 4. The van der Waals surface area contributed by atoms with Gasteiger partial charge in [-0.25, -0.2) is 9.97 Å². The highest BCUT2D eigenvalue weighted by molar-refractivity contribution is 9.10. The zero-order chi connectivity index (χ0) is 13.2. The summed E-state index contributed by atoms with van der Waals surface area (Å²) in [6.07, 6.45) is 2.07. The lowest BCUT2D eigenvalue weighted by molar-refractivity contribution is 0.634. The molecule has 0 unspecified atom stereocenters. The van der Waals surface area contributed by atoms with Gasteiger partial charge in [0.25, 0.3) is 0 Å². The third-order valence-electron chi connectivity index (χ3n) is 3.21. The van der Waals surface area contributed by atoms with Crippen molar-refractivity contribution in [2.24, 2.45) is 0 Å². The summed E-state index contributed by atoms with van der Waals surface area (Å²) in [6, 6.07) is 2.03. The van der Waals surface area contributed by atoms with Gasteiger partial charge < -0.3 is 4.90 Å². The highest BCUT2D eigenvalue weighted by atomic mass is 79.9. The molecule has 18 heavy (non-hydrogen) atoms. The van der Waals surface area contributed by atoms with Crippen LogP contribution in [0.15, 0.2) is 10.7 Å². The first-order valence-electron chi connectivity index (χ1n) is 6.42. The van der Waals surface area contributed by atoms with Gasteiger partial charge in [-0.05, 0) is 22.4 Å². The molecule has 0 N–H and O–H groups in total. The maximum absolute atomic E-state index is 4.64. The molecule has 0 atom stereocenters. The molecule has 2 rings (SSSR count). The third-order valence-corrected chi connectivity index (χ3v) is 4.98. The molecule has 100 valence electrons. The van der Waals surface area contributed by atoms with Gasteiger partial charge in [0.15, 0.2) is 0 Å². The summed E-state index contributed by atoms with van der Waals surface area (Å²) in [5.41, 5.74) is 0. The largest absolute Gasteiger partial charge is 0.356 e. The van der Waals surface area contributed by atoms with Crippen molar-refractivity contribution >= 4 is 33.5 Å². The minimum atomic E-state index is 0.382. The van der Waals surface area contributed by atoms with Crippen LogP contribution in [0.4, 0.5) is 5.82 Å². The first-order valence-corrected chi connectivity index (χ1v) is 8.20. The van der Waals surface area contributed by atoms with E-state index in [1.54, 1.807) is 0 Å². The van der Waals surface area contributed by atoms with E-state index in [0.717, 1.165) is 41.5 Å². The predicted molar refractivity (Wildman–Crippen MR) is 82.5 cm³/mol. The number of halogens is 1. The summed E-state index contributed by atoms with van der Waals surface area (Å²) < 4.78 is 1.27. The molecule has 0 spiro atoms. The van der Waals surface area contributed by atoms with Gasteiger partial charge in [0, 0.05) is 36.1 Å². The van der Waals surface area contributed by atoms with E-state index >= 15 is 0 Å². The van der Waals surface area contributed by atoms with Crippen molar-refractivity contribution in [2.45, 2.75) is 38.4 Å². The molecular weight excluding hydrogens is 310 g/mol. The van der Waals surface area contributed by atoms with E-state index in [0.29, 0.717) is 4.75 Å². The van der Waals surface area contributed by atoms with Crippen molar-refractivity contribution in [2.75, 3.05) is 23.7 Å². The highest BCUT2D eigenvalue weighted by Gasteiger charge is 2.24. The Kier molecular flexibility index (Phi) is 4.54. The van der Waals surface area contributed by atoms with Crippen LogP contribution in [-0.2, 0) is 6.42 Å². The number of anilines is 1. The maximum atomic E-state index is 4.64. The standard InChI is InChI=1S/C13H20BrN3S/c1-4-11-15-10(14)9-12(16-11)17-6-5-13(2,3)18-8-7-17/h9H,4-8H2,1-3H3. The number of thioether (sulfide) groups is 1. The van der Waals surface area contributed by atoms with Crippen molar-refractivity contribution in [3.8, 4) is 0 Å². The van der Waals surface area contributed by atoms with Gasteiger partial charge in [-0.15, -0.1) is 0 Å². The van der Waals surface area contributed by atoms with Crippen LogP contribution in [0.5, 0.6) is 0 Å². The van der Waals surface area contributed by atoms with Gasteiger partial charge in [-0.1, -0.05) is 20.8 Å². The molecule has 0 radical (unpaired) electrons. The monoisotopic (exact) mass is 329 g/mol. The number of hydrogen-bond donors (Lipinski definition) is 0. The lowest BCUT2D eigenvalue weighted by Crippen LogP contribution is -2.28. The average molecular weight is 330 g/mol. The summed E-state index contributed by atoms with van der Waals surface area (Å²) >= 11 is 5.54. The summed E-state index contributed by atoms with van der Waals surface area (Å²) in [7, 11) is 0. The van der Waals surface area contributed by atoms with E-state index < -0.39 is 0 Å². The first-order chi connectivity index (χ1) is 8.50. The van der Waals surface area contributed by atoms with Gasteiger partial charge in [-0.2, -0.15) is 11.8 Å². The molecule has 1 aliphatic rings. The van der Waals surface area contributed by atoms with Crippen LogP contribution < -0.4 is 4.90 Å². The van der Waals surface area contributed by atoms with E-state index in [4.69, 9.17) is 0 Å². The fourth-order valence-corrected chi connectivity index (χ4v) is 3.53. The molecule has 0 aliphatic carbocycles.